The molecule has 0 radical (unpaired) electrons. The fourth-order valence-electron chi connectivity index (χ4n) is 1.57. The quantitative estimate of drug-likeness (QED) is 0.632. The minimum absolute atomic E-state index is 0.0810. The van der Waals surface area contributed by atoms with Crippen LogP contribution < -0.4 is 5.56 Å². The number of ether oxygens (including phenoxy) is 2. The van der Waals surface area contributed by atoms with Gasteiger partial charge in [-0.05, 0) is 13.0 Å². The summed E-state index contributed by atoms with van der Waals surface area (Å²) in [5.41, 5.74) is -0.242. The lowest BCUT2D eigenvalue weighted by Crippen LogP contribution is -2.35. The Hall–Kier alpha value is -2.22. The molecule has 8 heteroatoms. The Morgan fingerprint density at radius 1 is 1.38 bits per heavy atom. The van der Waals surface area contributed by atoms with E-state index in [1.165, 1.54) is 31.2 Å². The van der Waals surface area contributed by atoms with Gasteiger partial charge >= 0.3 is 5.97 Å². The molecule has 8 nitrogen and oxygen atoms in total. The van der Waals surface area contributed by atoms with Crippen LogP contribution in [0, 0.1) is 0 Å². The van der Waals surface area contributed by atoms with Crippen LogP contribution in [0.3, 0.4) is 0 Å². The van der Waals surface area contributed by atoms with Crippen molar-refractivity contribution in [1.82, 2.24) is 14.7 Å². The zero-order valence-electron chi connectivity index (χ0n) is 12.4. The van der Waals surface area contributed by atoms with Gasteiger partial charge in [-0.3, -0.25) is 14.4 Å². The Bertz CT molecular complexity index is 555. The second kappa shape index (κ2) is 8.15. The van der Waals surface area contributed by atoms with Crippen LogP contribution in [0.1, 0.15) is 17.4 Å². The molecule has 1 heterocycles. The molecule has 0 aromatic carbocycles. The Balaban J connectivity index is 2.82. The van der Waals surface area contributed by atoms with Crippen molar-refractivity contribution < 1.29 is 19.1 Å². The lowest BCUT2D eigenvalue weighted by atomic mass is 10.3. The highest BCUT2D eigenvalue weighted by Crippen LogP contribution is 1.98. The zero-order valence-corrected chi connectivity index (χ0v) is 12.4. The number of hydrogen-bond donors (Lipinski definition) is 0. The van der Waals surface area contributed by atoms with Gasteiger partial charge in [-0.25, -0.2) is 4.68 Å². The van der Waals surface area contributed by atoms with Crippen LogP contribution in [-0.2, 0) is 20.8 Å². The van der Waals surface area contributed by atoms with Crippen molar-refractivity contribution in [3.63, 3.8) is 0 Å². The monoisotopic (exact) mass is 297 g/mol. The first-order valence-corrected chi connectivity index (χ1v) is 6.47. The summed E-state index contributed by atoms with van der Waals surface area (Å²) in [5, 5.41) is 3.96. The maximum Gasteiger partial charge on any atom is 0.325 e. The maximum atomic E-state index is 12.1. The smallest absolute Gasteiger partial charge is 0.325 e. The Kier molecular flexibility index (Phi) is 6.54. The van der Waals surface area contributed by atoms with Crippen LogP contribution in [0.4, 0.5) is 0 Å². The maximum absolute atomic E-state index is 12.1. The highest BCUT2D eigenvalue weighted by molar-refractivity contribution is 5.93. The molecule has 1 amide bonds. The fraction of sp³-hybridized carbons (Fsp3) is 0.538. The summed E-state index contributed by atoms with van der Waals surface area (Å²) in [7, 11) is 2.97. The highest BCUT2D eigenvalue weighted by Gasteiger charge is 2.17. The third kappa shape index (κ3) is 4.99. The summed E-state index contributed by atoms with van der Waals surface area (Å²) in [6, 6.07) is 2.59. The van der Waals surface area contributed by atoms with Gasteiger partial charge in [0, 0.05) is 20.2 Å². The molecule has 0 saturated carbocycles. The van der Waals surface area contributed by atoms with Gasteiger partial charge in [0.25, 0.3) is 11.5 Å². The number of carbonyl (C=O) groups is 2. The van der Waals surface area contributed by atoms with Gasteiger partial charge in [0.05, 0.1) is 19.8 Å². The van der Waals surface area contributed by atoms with E-state index in [9.17, 15) is 14.4 Å². The highest BCUT2D eigenvalue weighted by atomic mass is 16.5. The van der Waals surface area contributed by atoms with E-state index in [1.54, 1.807) is 6.92 Å². The Morgan fingerprint density at radius 3 is 2.71 bits per heavy atom. The minimum Gasteiger partial charge on any atom is -0.465 e. The summed E-state index contributed by atoms with van der Waals surface area (Å²) < 4.78 is 10.8. The van der Waals surface area contributed by atoms with Crippen molar-refractivity contribution in [2.75, 3.05) is 33.9 Å². The van der Waals surface area contributed by atoms with E-state index >= 15 is 0 Å². The Morgan fingerprint density at radius 2 is 2.10 bits per heavy atom. The molecule has 0 unspecified atom stereocenters. The van der Waals surface area contributed by atoms with Crippen LogP contribution in [0.2, 0.25) is 0 Å². The second-order valence-electron chi connectivity index (χ2n) is 4.24. The van der Waals surface area contributed by atoms with Crippen LogP contribution in [0.5, 0.6) is 0 Å². The molecule has 0 bridgehead atoms. The first-order chi connectivity index (χ1) is 9.99. The van der Waals surface area contributed by atoms with Crippen molar-refractivity contribution in [2.45, 2.75) is 13.5 Å². The summed E-state index contributed by atoms with van der Waals surface area (Å²) in [4.78, 5) is 36.2. The number of esters is 1. The third-order valence-electron chi connectivity index (χ3n) is 2.61. The Labute approximate surface area is 122 Å². The van der Waals surface area contributed by atoms with E-state index in [1.807, 2.05) is 0 Å². The molecular formula is C13H19N3O5. The number of likely N-dealkylation sites (N-methyl/N-ethyl adjacent to an activating group) is 1. The number of nitrogens with zero attached hydrogens (tertiary/aromatic N) is 3. The number of rotatable bonds is 7. The summed E-state index contributed by atoms with van der Waals surface area (Å²) in [6.07, 6.45) is 0. The van der Waals surface area contributed by atoms with Crippen LogP contribution in [-0.4, -0.2) is 60.5 Å². The van der Waals surface area contributed by atoms with Crippen LogP contribution in [0.15, 0.2) is 16.9 Å². The van der Waals surface area contributed by atoms with Gasteiger partial charge in [-0.2, -0.15) is 5.10 Å². The van der Waals surface area contributed by atoms with Crippen LogP contribution >= 0.6 is 0 Å². The first kappa shape index (κ1) is 16.8. The lowest BCUT2D eigenvalue weighted by Gasteiger charge is -2.16. The minimum atomic E-state index is -0.499. The average molecular weight is 297 g/mol. The van der Waals surface area contributed by atoms with E-state index in [0.717, 1.165) is 4.68 Å². The molecule has 0 aliphatic rings. The van der Waals surface area contributed by atoms with E-state index < -0.39 is 11.9 Å². The largest absolute Gasteiger partial charge is 0.465 e. The molecule has 1 aromatic heterocycles. The van der Waals surface area contributed by atoms with Crippen molar-refractivity contribution in [2.24, 2.45) is 0 Å². The SMILES string of the molecule is CCOC(=O)CN(C)C(=O)c1ccc(=O)n(CCOC)n1. The standard InChI is InChI=1S/C13H19N3O5/c1-4-21-12(18)9-15(2)13(19)10-5-6-11(17)16(14-10)7-8-20-3/h5-6H,4,7-9H2,1-3H3. The summed E-state index contributed by atoms with van der Waals surface area (Å²) >= 11 is 0. The molecule has 1 rings (SSSR count). The number of aromatic nitrogens is 2. The molecule has 0 atom stereocenters. The van der Waals surface area contributed by atoms with E-state index in [0.29, 0.717) is 6.61 Å². The second-order valence-corrected chi connectivity index (χ2v) is 4.24. The third-order valence-corrected chi connectivity index (χ3v) is 2.61. The van der Waals surface area contributed by atoms with Gasteiger partial charge in [0.2, 0.25) is 0 Å². The van der Waals surface area contributed by atoms with Crippen LogP contribution in [0.25, 0.3) is 0 Å². The molecular weight excluding hydrogens is 278 g/mol. The predicted molar refractivity (Wildman–Crippen MR) is 74.0 cm³/mol. The van der Waals surface area contributed by atoms with Crippen molar-refractivity contribution in [3.05, 3.63) is 28.2 Å². The molecule has 1 aromatic rings. The summed E-state index contributed by atoms with van der Waals surface area (Å²) in [5.74, 6) is -0.963. The number of hydrogen-bond acceptors (Lipinski definition) is 6. The van der Waals surface area contributed by atoms with Gasteiger partial charge < -0.3 is 14.4 Å². The van der Waals surface area contributed by atoms with E-state index in [4.69, 9.17) is 9.47 Å². The number of methoxy groups -OCH3 is 1. The number of amides is 1. The molecule has 0 saturated heterocycles. The van der Waals surface area contributed by atoms with Crippen molar-refractivity contribution in [3.8, 4) is 0 Å². The zero-order chi connectivity index (χ0) is 15.8. The molecule has 0 N–H and O–H groups in total. The summed E-state index contributed by atoms with van der Waals surface area (Å²) in [6.45, 7) is 2.32. The molecule has 0 aliphatic heterocycles. The fourth-order valence-corrected chi connectivity index (χ4v) is 1.57. The van der Waals surface area contributed by atoms with E-state index in [-0.39, 0.29) is 30.9 Å². The molecule has 0 spiro atoms. The first-order valence-electron chi connectivity index (χ1n) is 6.47. The molecule has 0 fully saturated rings. The van der Waals surface area contributed by atoms with Gasteiger partial charge in [0.1, 0.15) is 12.2 Å². The molecule has 21 heavy (non-hydrogen) atoms. The van der Waals surface area contributed by atoms with Crippen molar-refractivity contribution >= 4 is 11.9 Å². The molecule has 116 valence electrons. The predicted octanol–water partition coefficient (Wildman–Crippen LogP) is -0.475. The van der Waals surface area contributed by atoms with E-state index in [2.05, 4.69) is 5.10 Å². The van der Waals surface area contributed by atoms with Gasteiger partial charge in [-0.15, -0.1) is 0 Å². The van der Waals surface area contributed by atoms with Gasteiger partial charge in [-0.1, -0.05) is 0 Å². The van der Waals surface area contributed by atoms with Gasteiger partial charge in [0.15, 0.2) is 0 Å². The lowest BCUT2D eigenvalue weighted by molar-refractivity contribution is -0.143. The number of carbonyl (C=O) groups excluding carboxylic acids is 2. The van der Waals surface area contributed by atoms with Crippen molar-refractivity contribution in [1.29, 1.82) is 0 Å². The average Bonchev–Trinajstić information content (AvgIpc) is 2.45. The normalized spacial score (nSPS) is 10.2. The molecule has 0 aliphatic carbocycles. The topological polar surface area (TPSA) is 90.7 Å².